The summed E-state index contributed by atoms with van der Waals surface area (Å²) in [5, 5.41) is 6.77. The van der Waals surface area contributed by atoms with E-state index in [1.165, 1.54) is 0 Å². The molecule has 10 heavy (non-hydrogen) atoms. The van der Waals surface area contributed by atoms with Crippen LogP contribution in [0.25, 0.3) is 0 Å². The topological polar surface area (TPSA) is 50.7 Å². The summed E-state index contributed by atoms with van der Waals surface area (Å²) in [6.45, 7) is 1.63. The summed E-state index contributed by atoms with van der Waals surface area (Å²) >= 11 is 0. The van der Waals surface area contributed by atoms with Crippen LogP contribution < -0.4 is 5.32 Å². The van der Waals surface area contributed by atoms with Crippen LogP contribution in [0, 0.1) is 5.92 Å². The lowest BCUT2D eigenvalue weighted by atomic mass is 10.0. The first-order valence-corrected chi connectivity index (χ1v) is 3.31. The molecule has 54 valence electrons. The van der Waals surface area contributed by atoms with Gasteiger partial charge in [-0.05, 0) is 0 Å². The highest BCUT2D eigenvalue weighted by Crippen LogP contribution is 2.20. The molecule has 0 bridgehead atoms. The Labute approximate surface area is 58.2 Å². The summed E-state index contributed by atoms with van der Waals surface area (Å²) in [6.07, 6.45) is 0.887. The second-order valence-corrected chi connectivity index (χ2v) is 2.54. The Kier molecular flexibility index (Phi) is 1.20. The number of aldehydes is 1. The van der Waals surface area contributed by atoms with E-state index < -0.39 is 0 Å². The Hall–Kier alpha value is -0.900. The van der Waals surface area contributed by atoms with Gasteiger partial charge in [-0.2, -0.15) is 0 Å². The number of rotatable bonds is 1. The third kappa shape index (κ3) is 0.654. The van der Waals surface area contributed by atoms with Crippen molar-refractivity contribution in [1.29, 1.82) is 0 Å². The number of hydrogen-bond acceptors (Lipinski definition) is 4. The van der Waals surface area contributed by atoms with Crippen molar-refractivity contribution in [2.24, 2.45) is 11.1 Å². The maximum atomic E-state index is 10.3. The number of carbonyl (C=O) groups is 1. The van der Waals surface area contributed by atoms with Crippen LogP contribution in [0.15, 0.2) is 5.16 Å². The molecule has 0 unspecified atom stereocenters. The second-order valence-electron chi connectivity index (χ2n) is 2.54. The number of oxime groups is 1. The van der Waals surface area contributed by atoms with E-state index in [0.29, 0.717) is 5.71 Å². The predicted molar refractivity (Wildman–Crippen MR) is 34.7 cm³/mol. The van der Waals surface area contributed by atoms with Gasteiger partial charge in [-0.1, -0.05) is 5.16 Å². The normalized spacial score (nSPS) is 36.6. The van der Waals surface area contributed by atoms with Crippen molar-refractivity contribution in [3.63, 3.8) is 0 Å². The molecule has 4 heteroatoms. The van der Waals surface area contributed by atoms with Crippen LogP contribution in [0.3, 0.4) is 0 Å². The van der Waals surface area contributed by atoms with Crippen LogP contribution in [0.4, 0.5) is 0 Å². The summed E-state index contributed by atoms with van der Waals surface area (Å²) in [6, 6.07) is 0. The molecule has 0 aromatic heterocycles. The molecule has 0 saturated carbocycles. The highest BCUT2D eigenvalue weighted by molar-refractivity contribution is 6.29. The van der Waals surface area contributed by atoms with E-state index >= 15 is 0 Å². The van der Waals surface area contributed by atoms with Gasteiger partial charge in [0.1, 0.15) is 11.8 Å². The molecule has 0 radical (unpaired) electrons. The molecular formula is C6H8N2O2. The van der Waals surface area contributed by atoms with Gasteiger partial charge in [0.05, 0.1) is 5.92 Å². The summed E-state index contributed by atoms with van der Waals surface area (Å²) in [5.74, 6) is 0.206. The van der Waals surface area contributed by atoms with Gasteiger partial charge in [0, 0.05) is 13.1 Å². The van der Waals surface area contributed by atoms with Crippen molar-refractivity contribution >= 4 is 12.0 Å². The summed E-state index contributed by atoms with van der Waals surface area (Å²) < 4.78 is 0. The SMILES string of the molecule is O=CC1=NO[C@@H]2CNC[C@H]12. The van der Waals surface area contributed by atoms with E-state index in [0.717, 1.165) is 19.4 Å². The monoisotopic (exact) mass is 140 g/mol. The highest BCUT2D eigenvalue weighted by atomic mass is 16.6. The average molecular weight is 140 g/mol. The first-order valence-electron chi connectivity index (χ1n) is 3.31. The Morgan fingerprint density at radius 2 is 2.60 bits per heavy atom. The van der Waals surface area contributed by atoms with Gasteiger partial charge in [0.2, 0.25) is 0 Å². The average Bonchev–Trinajstić information content (AvgIpc) is 2.44. The summed E-state index contributed by atoms with van der Waals surface area (Å²) in [4.78, 5) is 15.3. The first kappa shape index (κ1) is 5.85. The lowest BCUT2D eigenvalue weighted by molar-refractivity contribution is -0.102. The number of nitrogens with zero attached hydrogens (tertiary/aromatic N) is 1. The van der Waals surface area contributed by atoms with Crippen molar-refractivity contribution in [2.45, 2.75) is 6.10 Å². The molecule has 2 rings (SSSR count). The maximum absolute atomic E-state index is 10.3. The minimum absolute atomic E-state index is 0.111. The zero-order valence-electron chi connectivity index (χ0n) is 5.41. The van der Waals surface area contributed by atoms with Crippen LogP contribution >= 0.6 is 0 Å². The number of nitrogens with one attached hydrogen (secondary N) is 1. The lowest BCUT2D eigenvalue weighted by Gasteiger charge is -2.02. The Bertz CT molecular complexity index is 190. The molecule has 2 atom stereocenters. The van der Waals surface area contributed by atoms with Crippen molar-refractivity contribution in [3.05, 3.63) is 0 Å². The quantitative estimate of drug-likeness (QED) is 0.483. The zero-order valence-corrected chi connectivity index (χ0v) is 5.41. The number of fused-ring (bicyclic) bond motifs is 1. The Balaban J connectivity index is 2.17. The van der Waals surface area contributed by atoms with Gasteiger partial charge in [0.25, 0.3) is 0 Å². The van der Waals surface area contributed by atoms with Gasteiger partial charge in [-0.15, -0.1) is 0 Å². The number of carbonyl (C=O) groups excluding carboxylic acids is 1. The van der Waals surface area contributed by atoms with E-state index in [1.54, 1.807) is 0 Å². The second kappa shape index (κ2) is 2.05. The van der Waals surface area contributed by atoms with Crippen molar-refractivity contribution < 1.29 is 9.63 Å². The molecule has 0 amide bonds. The Morgan fingerprint density at radius 3 is 3.40 bits per heavy atom. The molecule has 1 fully saturated rings. The number of hydrogen-bond donors (Lipinski definition) is 1. The largest absolute Gasteiger partial charge is 0.390 e. The molecule has 0 aromatic carbocycles. The Morgan fingerprint density at radius 1 is 1.70 bits per heavy atom. The molecule has 2 aliphatic heterocycles. The minimum Gasteiger partial charge on any atom is -0.390 e. The van der Waals surface area contributed by atoms with Crippen LogP contribution in [-0.2, 0) is 9.63 Å². The van der Waals surface area contributed by atoms with Gasteiger partial charge in [0.15, 0.2) is 6.29 Å². The fourth-order valence-electron chi connectivity index (χ4n) is 1.37. The molecule has 1 saturated heterocycles. The third-order valence-electron chi connectivity index (χ3n) is 1.95. The van der Waals surface area contributed by atoms with Crippen LogP contribution in [0.5, 0.6) is 0 Å². The smallest absolute Gasteiger partial charge is 0.168 e. The molecule has 0 aliphatic carbocycles. The predicted octanol–water partition coefficient (Wildman–Crippen LogP) is -0.841. The molecule has 1 N–H and O–H groups in total. The van der Waals surface area contributed by atoms with Crippen LogP contribution in [0.2, 0.25) is 0 Å². The van der Waals surface area contributed by atoms with E-state index in [9.17, 15) is 4.79 Å². The highest BCUT2D eigenvalue weighted by Gasteiger charge is 2.37. The van der Waals surface area contributed by atoms with Crippen LogP contribution in [0.1, 0.15) is 0 Å². The zero-order chi connectivity index (χ0) is 6.97. The lowest BCUT2D eigenvalue weighted by Crippen LogP contribution is -2.21. The third-order valence-corrected chi connectivity index (χ3v) is 1.95. The summed E-state index contributed by atoms with van der Waals surface area (Å²) in [7, 11) is 0. The van der Waals surface area contributed by atoms with E-state index in [-0.39, 0.29) is 12.0 Å². The van der Waals surface area contributed by atoms with Gasteiger partial charge >= 0.3 is 0 Å². The summed E-state index contributed by atoms with van der Waals surface area (Å²) in [5.41, 5.74) is 0.551. The first-order chi connectivity index (χ1) is 4.92. The standard InChI is InChI=1S/C6H8N2O2/c9-3-5-4-1-7-2-6(4)10-8-5/h3-4,6-7H,1-2H2/t4-,6-/m1/s1. The van der Waals surface area contributed by atoms with Crippen molar-refractivity contribution in [1.82, 2.24) is 5.32 Å². The minimum atomic E-state index is 0.111. The fourth-order valence-corrected chi connectivity index (χ4v) is 1.37. The molecule has 2 heterocycles. The fraction of sp³-hybridized carbons (Fsp3) is 0.667. The maximum Gasteiger partial charge on any atom is 0.168 e. The molecule has 0 spiro atoms. The van der Waals surface area contributed by atoms with E-state index in [1.807, 2.05) is 0 Å². The molecule has 2 aliphatic rings. The van der Waals surface area contributed by atoms with Gasteiger partial charge in [-0.3, -0.25) is 4.79 Å². The van der Waals surface area contributed by atoms with Gasteiger partial charge < -0.3 is 10.2 Å². The molecular weight excluding hydrogens is 132 g/mol. The van der Waals surface area contributed by atoms with E-state index in [4.69, 9.17) is 4.84 Å². The van der Waals surface area contributed by atoms with E-state index in [2.05, 4.69) is 10.5 Å². The van der Waals surface area contributed by atoms with Gasteiger partial charge in [-0.25, -0.2) is 0 Å². The van der Waals surface area contributed by atoms with Crippen LogP contribution in [-0.4, -0.2) is 31.2 Å². The van der Waals surface area contributed by atoms with Crippen molar-refractivity contribution in [3.8, 4) is 0 Å². The molecule has 0 aromatic rings. The molecule has 4 nitrogen and oxygen atoms in total. The van der Waals surface area contributed by atoms with Crippen molar-refractivity contribution in [2.75, 3.05) is 13.1 Å².